The molecule has 0 spiro atoms. The predicted molar refractivity (Wildman–Crippen MR) is 102 cm³/mol. The minimum absolute atomic E-state index is 0.00706. The van der Waals surface area contributed by atoms with Crippen LogP contribution in [0.3, 0.4) is 0 Å². The van der Waals surface area contributed by atoms with Gasteiger partial charge in [0, 0.05) is 32.2 Å². The van der Waals surface area contributed by atoms with Gasteiger partial charge in [0.2, 0.25) is 19.1 Å². The third-order valence-corrected chi connectivity index (χ3v) is 5.83. The SMILES string of the molecule is O=CN1CCN([C@@H](C(=O)NC2CCCC2)c2cc3c(cc2[N+](=O)[O-])OCO3)CC1. The first-order valence-electron chi connectivity index (χ1n) is 9.88. The van der Waals surface area contributed by atoms with Crippen LogP contribution in [-0.4, -0.2) is 66.1 Å². The van der Waals surface area contributed by atoms with E-state index in [-0.39, 0.29) is 30.0 Å². The molecule has 0 unspecified atom stereocenters. The van der Waals surface area contributed by atoms with Crippen molar-refractivity contribution in [3.63, 3.8) is 0 Å². The molecule has 2 heterocycles. The first-order valence-corrected chi connectivity index (χ1v) is 9.88. The summed E-state index contributed by atoms with van der Waals surface area (Å²) in [6.45, 7) is 1.83. The van der Waals surface area contributed by atoms with E-state index in [1.54, 1.807) is 11.0 Å². The lowest BCUT2D eigenvalue weighted by molar-refractivity contribution is -0.386. The van der Waals surface area contributed by atoms with Gasteiger partial charge in [-0.25, -0.2) is 0 Å². The summed E-state index contributed by atoms with van der Waals surface area (Å²) in [5.41, 5.74) is 0.118. The Kier molecular flexibility index (Phi) is 5.52. The molecule has 1 atom stereocenters. The van der Waals surface area contributed by atoms with E-state index >= 15 is 0 Å². The highest BCUT2D eigenvalue weighted by molar-refractivity contribution is 5.85. The number of nitro benzene ring substituents is 1. The number of rotatable bonds is 6. The molecule has 2 fully saturated rings. The number of benzene rings is 1. The molecule has 2 aliphatic heterocycles. The van der Waals surface area contributed by atoms with E-state index in [1.165, 1.54) is 6.07 Å². The molecule has 0 bridgehead atoms. The molecule has 1 N–H and O–H groups in total. The maximum Gasteiger partial charge on any atom is 0.278 e. The van der Waals surface area contributed by atoms with E-state index in [2.05, 4.69) is 5.32 Å². The summed E-state index contributed by atoms with van der Waals surface area (Å²) in [6, 6.07) is 2.13. The van der Waals surface area contributed by atoms with E-state index in [4.69, 9.17) is 9.47 Å². The highest BCUT2D eigenvalue weighted by atomic mass is 16.7. The van der Waals surface area contributed by atoms with Crippen molar-refractivity contribution >= 4 is 18.0 Å². The number of amides is 2. The lowest BCUT2D eigenvalue weighted by atomic mass is 9.99. The molecular formula is C19H24N4O6. The standard InChI is InChI=1S/C19H24N4O6/c24-11-21-5-7-22(8-6-21)18(19(25)20-13-3-1-2-4-13)14-9-16-17(29-12-28-16)10-15(14)23(26)27/h9-11,13,18H,1-8,12H2,(H,20,25)/t18-/m1/s1. The number of nitro groups is 1. The van der Waals surface area contributed by atoms with Crippen molar-refractivity contribution in [2.75, 3.05) is 33.0 Å². The second-order valence-corrected chi connectivity index (χ2v) is 7.59. The number of nitrogens with zero attached hydrogens (tertiary/aromatic N) is 3. The summed E-state index contributed by atoms with van der Waals surface area (Å²) in [5.74, 6) is 0.454. The Morgan fingerprint density at radius 3 is 2.45 bits per heavy atom. The summed E-state index contributed by atoms with van der Waals surface area (Å²) in [6.07, 6.45) is 4.75. The van der Waals surface area contributed by atoms with Crippen LogP contribution in [-0.2, 0) is 9.59 Å². The number of carbonyl (C=O) groups excluding carboxylic acids is 2. The van der Waals surface area contributed by atoms with Crippen LogP contribution in [0.5, 0.6) is 11.5 Å². The maximum absolute atomic E-state index is 13.3. The Hall–Kier alpha value is -2.88. The molecule has 10 heteroatoms. The zero-order chi connectivity index (χ0) is 20.4. The fourth-order valence-corrected chi connectivity index (χ4v) is 4.28. The lowest BCUT2D eigenvalue weighted by Gasteiger charge is -2.37. The van der Waals surface area contributed by atoms with E-state index in [1.807, 2.05) is 4.90 Å². The number of nitrogens with one attached hydrogen (secondary N) is 1. The summed E-state index contributed by atoms with van der Waals surface area (Å²) in [7, 11) is 0. The summed E-state index contributed by atoms with van der Waals surface area (Å²) >= 11 is 0. The molecule has 0 radical (unpaired) electrons. The van der Waals surface area contributed by atoms with E-state index in [0.29, 0.717) is 37.7 Å². The second kappa shape index (κ2) is 8.24. The van der Waals surface area contributed by atoms with Crippen LogP contribution in [0.1, 0.15) is 37.3 Å². The van der Waals surface area contributed by atoms with Gasteiger partial charge in [0.25, 0.3) is 5.69 Å². The van der Waals surface area contributed by atoms with Crippen LogP contribution in [0.4, 0.5) is 5.69 Å². The van der Waals surface area contributed by atoms with Crippen molar-refractivity contribution in [2.45, 2.75) is 37.8 Å². The Balaban J connectivity index is 1.68. The summed E-state index contributed by atoms with van der Waals surface area (Å²) in [5, 5.41) is 14.9. The van der Waals surface area contributed by atoms with Crippen LogP contribution < -0.4 is 14.8 Å². The van der Waals surface area contributed by atoms with Crippen molar-refractivity contribution < 1.29 is 24.0 Å². The van der Waals surface area contributed by atoms with Gasteiger partial charge in [0.15, 0.2) is 11.5 Å². The van der Waals surface area contributed by atoms with Crippen molar-refractivity contribution in [1.29, 1.82) is 0 Å². The van der Waals surface area contributed by atoms with Crippen LogP contribution in [0.15, 0.2) is 12.1 Å². The summed E-state index contributed by atoms with van der Waals surface area (Å²) in [4.78, 5) is 39.2. The van der Waals surface area contributed by atoms with Crippen LogP contribution in [0.2, 0.25) is 0 Å². The molecule has 4 rings (SSSR count). The van der Waals surface area contributed by atoms with Crippen molar-refractivity contribution in [3.05, 3.63) is 27.8 Å². The predicted octanol–water partition coefficient (Wildman–Crippen LogP) is 1.20. The average molecular weight is 404 g/mol. The molecule has 10 nitrogen and oxygen atoms in total. The zero-order valence-corrected chi connectivity index (χ0v) is 16.0. The molecule has 3 aliphatic rings. The minimum atomic E-state index is -0.834. The Labute approximate surface area is 167 Å². The molecule has 1 saturated carbocycles. The monoisotopic (exact) mass is 404 g/mol. The van der Waals surface area contributed by atoms with Crippen LogP contribution in [0.25, 0.3) is 0 Å². The third-order valence-electron chi connectivity index (χ3n) is 5.83. The molecular weight excluding hydrogens is 380 g/mol. The van der Waals surface area contributed by atoms with Gasteiger partial charge >= 0.3 is 0 Å². The fraction of sp³-hybridized carbons (Fsp3) is 0.579. The smallest absolute Gasteiger partial charge is 0.278 e. The van der Waals surface area contributed by atoms with Gasteiger partial charge in [0.05, 0.1) is 16.6 Å². The molecule has 0 aromatic heterocycles. The third kappa shape index (κ3) is 3.98. The van der Waals surface area contributed by atoms with Gasteiger partial charge in [-0.1, -0.05) is 12.8 Å². The van der Waals surface area contributed by atoms with Gasteiger partial charge < -0.3 is 19.7 Å². The second-order valence-electron chi connectivity index (χ2n) is 7.59. The van der Waals surface area contributed by atoms with Gasteiger partial charge in [-0.2, -0.15) is 0 Å². The lowest BCUT2D eigenvalue weighted by Crippen LogP contribution is -2.51. The average Bonchev–Trinajstić information content (AvgIpc) is 3.39. The Bertz CT molecular complexity index is 802. The highest BCUT2D eigenvalue weighted by Gasteiger charge is 2.38. The maximum atomic E-state index is 13.3. The highest BCUT2D eigenvalue weighted by Crippen LogP contribution is 2.42. The van der Waals surface area contributed by atoms with Gasteiger partial charge in [-0.15, -0.1) is 0 Å². The number of piperazine rings is 1. The fourth-order valence-electron chi connectivity index (χ4n) is 4.28. The number of carbonyl (C=O) groups is 2. The largest absolute Gasteiger partial charge is 0.454 e. The van der Waals surface area contributed by atoms with Gasteiger partial charge in [0.1, 0.15) is 6.04 Å². The van der Waals surface area contributed by atoms with E-state index in [9.17, 15) is 19.7 Å². The first-order chi connectivity index (χ1) is 14.1. The number of hydrogen-bond donors (Lipinski definition) is 1. The van der Waals surface area contributed by atoms with Crippen molar-refractivity contribution in [1.82, 2.24) is 15.1 Å². The molecule has 1 aromatic rings. The minimum Gasteiger partial charge on any atom is -0.454 e. The Morgan fingerprint density at radius 1 is 1.17 bits per heavy atom. The normalized spacial score (nSPS) is 20.5. The zero-order valence-electron chi connectivity index (χ0n) is 16.0. The summed E-state index contributed by atoms with van der Waals surface area (Å²) < 4.78 is 10.7. The topological polar surface area (TPSA) is 114 Å². The molecule has 2 amide bonds. The first kappa shape index (κ1) is 19.4. The molecule has 29 heavy (non-hydrogen) atoms. The van der Waals surface area contributed by atoms with Gasteiger partial charge in [-0.3, -0.25) is 24.6 Å². The number of ether oxygens (including phenoxy) is 2. The Morgan fingerprint density at radius 2 is 1.83 bits per heavy atom. The molecule has 1 saturated heterocycles. The quantitative estimate of drug-likeness (QED) is 0.430. The van der Waals surface area contributed by atoms with Crippen LogP contribution in [0, 0.1) is 10.1 Å². The van der Waals surface area contributed by atoms with Crippen molar-refractivity contribution in [2.24, 2.45) is 0 Å². The van der Waals surface area contributed by atoms with E-state index in [0.717, 1.165) is 32.1 Å². The number of fused-ring (bicyclic) bond motifs is 1. The van der Waals surface area contributed by atoms with E-state index < -0.39 is 11.0 Å². The van der Waals surface area contributed by atoms with Crippen molar-refractivity contribution in [3.8, 4) is 11.5 Å². The number of hydrogen-bond acceptors (Lipinski definition) is 7. The van der Waals surface area contributed by atoms with Crippen LogP contribution >= 0.6 is 0 Å². The van der Waals surface area contributed by atoms with Gasteiger partial charge in [-0.05, 0) is 18.9 Å². The molecule has 156 valence electrons. The molecule has 1 aliphatic carbocycles. The molecule has 1 aromatic carbocycles.